The van der Waals surface area contributed by atoms with Gasteiger partial charge in [0, 0.05) is 11.8 Å². The van der Waals surface area contributed by atoms with Crippen molar-refractivity contribution in [2.24, 2.45) is 11.8 Å². The van der Waals surface area contributed by atoms with Crippen LogP contribution in [0.3, 0.4) is 0 Å². The second kappa shape index (κ2) is 6.58. The summed E-state index contributed by atoms with van der Waals surface area (Å²) >= 11 is 0. The molecule has 1 atom stereocenters. The van der Waals surface area contributed by atoms with Crippen LogP contribution in [0.25, 0.3) is 0 Å². The summed E-state index contributed by atoms with van der Waals surface area (Å²) in [4.78, 5) is 12.4. The number of hydrogen-bond acceptors (Lipinski definition) is 1. The number of carbonyl (C=O) groups excluding carboxylic acids is 1. The van der Waals surface area contributed by atoms with Gasteiger partial charge in [-0.1, -0.05) is 70.9 Å². The van der Waals surface area contributed by atoms with Crippen molar-refractivity contribution in [3.8, 4) is 0 Å². The van der Waals surface area contributed by atoms with Gasteiger partial charge in [0.05, 0.1) is 0 Å². The fourth-order valence-electron chi connectivity index (χ4n) is 2.45. The second-order valence-electron chi connectivity index (χ2n) is 5.02. The molecule has 0 saturated heterocycles. The lowest BCUT2D eigenvalue weighted by atomic mass is 9.77. The minimum Gasteiger partial charge on any atom is -0.299 e. The van der Waals surface area contributed by atoms with E-state index in [9.17, 15) is 4.79 Å². The van der Waals surface area contributed by atoms with Crippen molar-refractivity contribution >= 4 is 5.78 Å². The monoisotopic (exact) mass is 232 g/mol. The van der Waals surface area contributed by atoms with Gasteiger partial charge in [0.25, 0.3) is 0 Å². The maximum atomic E-state index is 12.4. The third kappa shape index (κ3) is 3.42. The first-order valence-corrected chi connectivity index (χ1v) is 6.70. The lowest BCUT2D eigenvalue weighted by Gasteiger charge is -2.26. The van der Waals surface area contributed by atoms with Gasteiger partial charge in [0.1, 0.15) is 5.78 Å². The average Bonchev–Trinajstić information content (AvgIpc) is 2.36. The SMILES string of the molecule is CCC(CC)[C@H](C(=O)C(C)C)c1ccccc1. The normalized spacial score (nSPS) is 13.1. The molecule has 1 nitrogen and oxygen atoms in total. The summed E-state index contributed by atoms with van der Waals surface area (Å²) in [6.07, 6.45) is 2.13. The molecule has 1 aromatic carbocycles. The second-order valence-corrected chi connectivity index (χ2v) is 5.02. The molecule has 0 aliphatic rings. The summed E-state index contributed by atoms with van der Waals surface area (Å²) < 4.78 is 0. The van der Waals surface area contributed by atoms with Crippen molar-refractivity contribution in [1.82, 2.24) is 0 Å². The molecular formula is C16H24O. The van der Waals surface area contributed by atoms with Gasteiger partial charge in [-0.2, -0.15) is 0 Å². The van der Waals surface area contributed by atoms with Gasteiger partial charge in [-0.05, 0) is 11.5 Å². The summed E-state index contributed by atoms with van der Waals surface area (Å²) in [6.45, 7) is 8.36. The maximum absolute atomic E-state index is 12.4. The smallest absolute Gasteiger partial charge is 0.143 e. The first-order chi connectivity index (χ1) is 8.11. The quantitative estimate of drug-likeness (QED) is 0.709. The first-order valence-electron chi connectivity index (χ1n) is 6.70. The van der Waals surface area contributed by atoms with E-state index in [0.717, 1.165) is 12.8 Å². The maximum Gasteiger partial charge on any atom is 0.143 e. The molecule has 0 spiro atoms. The highest BCUT2D eigenvalue weighted by Gasteiger charge is 2.28. The van der Waals surface area contributed by atoms with E-state index in [1.165, 1.54) is 5.56 Å². The fourth-order valence-corrected chi connectivity index (χ4v) is 2.45. The number of hydrogen-bond donors (Lipinski definition) is 0. The van der Waals surface area contributed by atoms with Gasteiger partial charge in [-0.3, -0.25) is 4.79 Å². The summed E-state index contributed by atoms with van der Waals surface area (Å²) in [5.74, 6) is 1.03. The Hall–Kier alpha value is -1.11. The molecule has 0 saturated carbocycles. The molecule has 0 amide bonds. The van der Waals surface area contributed by atoms with Crippen LogP contribution in [0.5, 0.6) is 0 Å². The third-order valence-electron chi connectivity index (χ3n) is 3.55. The van der Waals surface area contributed by atoms with Crippen molar-refractivity contribution in [2.75, 3.05) is 0 Å². The zero-order chi connectivity index (χ0) is 12.8. The molecule has 0 aromatic heterocycles. The topological polar surface area (TPSA) is 17.1 Å². The lowest BCUT2D eigenvalue weighted by molar-refractivity contribution is -0.124. The predicted molar refractivity (Wildman–Crippen MR) is 73.1 cm³/mol. The zero-order valence-electron chi connectivity index (χ0n) is 11.4. The molecule has 0 N–H and O–H groups in total. The van der Waals surface area contributed by atoms with Gasteiger partial charge in [-0.15, -0.1) is 0 Å². The molecule has 1 heteroatoms. The molecule has 0 radical (unpaired) electrons. The first kappa shape index (κ1) is 14.0. The molecule has 0 fully saturated rings. The number of benzene rings is 1. The molecule has 1 rings (SSSR count). The van der Waals surface area contributed by atoms with Crippen LogP contribution in [0.1, 0.15) is 52.0 Å². The number of Topliss-reactive ketones (excluding diaryl/α,β-unsaturated/α-hetero) is 1. The minimum atomic E-state index is 0.0752. The number of rotatable bonds is 6. The Morgan fingerprint density at radius 1 is 1.06 bits per heavy atom. The van der Waals surface area contributed by atoms with E-state index in [1.54, 1.807) is 0 Å². The van der Waals surface area contributed by atoms with Crippen LogP contribution in [0.2, 0.25) is 0 Å². The Kier molecular flexibility index (Phi) is 5.40. The molecule has 0 bridgehead atoms. The van der Waals surface area contributed by atoms with Gasteiger partial charge >= 0.3 is 0 Å². The van der Waals surface area contributed by atoms with Crippen LogP contribution in [0, 0.1) is 11.8 Å². The van der Waals surface area contributed by atoms with Gasteiger partial charge in [0.2, 0.25) is 0 Å². The number of carbonyl (C=O) groups is 1. The van der Waals surface area contributed by atoms with Crippen LogP contribution >= 0.6 is 0 Å². The highest BCUT2D eigenvalue weighted by molar-refractivity contribution is 5.87. The van der Waals surface area contributed by atoms with E-state index in [2.05, 4.69) is 26.0 Å². The Balaban J connectivity index is 3.06. The van der Waals surface area contributed by atoms with Gasteiger partial charge < -0.3 is 0 Å². The average molecular weight is 232 g/mol. The molecule has 94 valence electrons. The molecule has 1 aromatic rings. The Morgan fingerprint density at radius 3 is 2.00 bits per heavy atom. The summed E-state index contributed by atoms with van der Waals surface area (Å²) in [5, 5.41) is 0. The van der Waals surface area contributed by atoms with Crippen LogP contribution < -0.4 is 0 Å². The van der Waals surface area contributed by atoms with E-state index in [1.807, 2.05) is 32.0 Å². The van der Waals surface area contributed by atoms with Gasteiger partial charge in [0.15, 0.2) is 0 Å². The minimum absolute atomic E-state index is 0.0752. The fraction of sp³-hybridized carbons (Fsp3) is 0.562. The van der Waals surface area contributed by atoms with Crippen molar-refractivity contribution in [3.05, 3.63) is 35.9 Å². The van der Waals surface area contributed by atoms with Crippen LogP contribution in [0.15, 0.2) is 30.3 Å². The van der Waals surface area contributed by atoms with E-state index in [-0.39, 0.29) is 11.8 Å². The molecule has 0 aliphatic carbocycles. The van der Waals surface area contributed by atoms with Crippen molar-refractivity contribution < 1.29 is 4.79 Å². The Morgan fingerprint density at radius 2 is 1.59 bits per heavy atom. The summed E-state index contributed by atoms with van der Waals surface area (Å²) in [5.41, 5.74) is 1.18. The number of ketones is 1. The van der Waals surface area contributed by atoms with E-state index < -0.39 is 0 Å². The highest BCUT2D eigenvalue weighted by atomic mass is 16.1. The van der Waals surface area contributed by atoms with Crippen LogP contribution in [0.4, 0.5) is 0 Å². The predicted octanol–water partition coefficient (Wildman–Crippen LogP) is 4.43. The van der Waals surface area contributed by atoms with Crippen molar-refractivity contribution in [3.63, 3.8) is 0 Å². The Labute approximate surface area is 105 Å². The molecular weight excluding hydrogens is 208 g/mol. The van der Waals surface area contributed by atoms with E-state index in [0.29, 0.717) is 11.7 Å². The van der Waals surface area contributed by atoms with Crippen molar-refractivity contribution in [1.29, 1.82) is 0 Å². The molecule has 0 aliphatic heterocycles. The molecule has 0 heterocycles. The molecule has 17 heavy (non-hydrogen) atoms. The van der Waals surface area contributed by atoms with Crippen LogP contribution in [-0.2, 0) is 4.79 Å². The van der Waals surface area contributed by atoms with Gasteiger partial charge in [-0.25, -0.2) is 0 Å². The lowest BCUT2D eigenvalue weighted by Crippen LogP contribution is -2.25. The largest absolute Gasteiger partial charge is 0.299 e. The third-order valence-corrected chi connectivity index (χ3v) is 3.55. The Bertz CT molecular complexity index is 336. The van der Waals surface area contributed by atoms with Crippen molar-refractivity contribution in [2.45, 2.75) is 46.5 Å². The van der Waals surface area contributed by atoms with E-state index >= 15 is 0 Å². The van der Waals surface area contributed by atoms with E-state index in [4.69, 9.17) is 0 Å². The summed E-state index contributed by atoms with van der Waals surface area (Å²) in [6, 6.07) is 10.2. The zero-order valence-corrected chi connectivity index (χ0v) is 11.4. The highest BCUT2D eigenvalue weighted by Crippen LogP contribution is 2.32. The summed E-state index contributed by atoms with van der Waals surface area (Å²) in [7, 11) is 0. The van der Waals surface area contributed by atoms with Crippen LogP contribution in [-0.4, -0.2) is 5.78 Å². The standard InChI is InChI=1S/C16H24O/c1-5-13(6-2)15(16(17)12(3)4)14-10-8-7-9-11-14/h7-13,15H,5-6H2,1-4H3/t15-/m0/s1. The molecule has 0 unspecified atom stereocenters.